The molecule has 3 aromatic rings. The Bertz CT molecular complexity index is 774. The molecule has 0 fully saturated rings. The zero-order valence-corrected chi connectivity index (χ0v) is 13.8. The molecule has 0 unspecified atom stereocenters. The van der Waals surface area contributed by atoms with E-state index in [1.54, 1.807) is 0 Å². The molecule has 0 amide bonds. The molecule has 0 bridgehead atoms. The summed E-state index contributed by atoms with van der Waals surface area (Å²) in [5, 5.41) is 11.3. The summed E-state index contributed by atoms with van der Waals surface area (Å²) in [6.45, 7) is 1.88. The van der Waals surface area contributed by atoms with E-state index in [0.717, 1.165) is 16.7 Å². The van der Waals surface area contributed by atoms with E-state index >= 15 is 0 Å². The summed E-state index contributed by atoms with van der Waals surface area (Å²) >= 11 is 0. The second kappa shape index (κ2) is 7.29. The third-order valence-corrected chi connectivity index (χ3v) is 4.40. The molecule has 0 spiro atoms. The van der Waals surface area contributed by atoms with Crippen LogP contribution in [0.5, 0.6) is 0 Å². The molecule has 0 aliphatic carbocycles. The fourth-order valence-corrected chi connectivity index (χ4v) is 3.01. The average molecular weight is 314 g/mol. The summed E-state index contributed by atoms with van der Waals surface area (Å²) in [4.78, 5) is 0. The summed E-state index contributed by atoms with van der Waals surface area (Å²) in [6, 6.07) is 30.2. The lowest BCUT2D eigenvalue weighted by Gasteiger charge is -2.32. The monoisotopic (exact) mass is 314 g/mol. The van der Waals surface area contributed by atoms with Gasteiger partial charge >= 0.3 is 0 Å². The predicted molar refractivity (Wildman–Crippen MR) is 101 cm³/mol. The van der Waals surface area contributed by atoms with E-state index in [-0.39, 0.29) is 5.92 Å². The van der Waals surface area contributed by atoms with E-state index in [4.69, 9.17) is 0 Å². The maximum absolute atomic E-state index is 11.3. The first-order valence-corrected chi connectivity index (χ1v) is 8.24. The van der Waals surface area contributed by atoms with Crippen molar-refractivity contribution in [2.75, 3.05) is 0 Å². The van der Waals surface area contributed by atoms with Crippen molar-refractivity contribution in [1.29, 1.82) is 0 Å². The first kappa shape index (κ1) is 16.2. The van der Waals surface area contributed by atoms with Crippen LogP contribution in [0.1, 0.15) is 29.5 Å². The van der Waals surface area contributed by atoms with E-state index < -0.39 is 5.60 Å². The van der Waals surface area contributed by atoms with Crippen LogP contribution in [0, 0.1) is 0 Å². The van der Waals surface area contributed by atoms with Gasteiger partial charge in [0.05, 0.1) is 5.60 Å². The highest BCUT2D eigenvalue weighted by atomic mass is 16.3. The van der Waals surface area contributed by atoms with Gasteiger partial charge in [-0.15, -0.1) is 0 Å². The second-order valence-electron chi connectivity index (χ2n) is 6.17. The minimum atomic E-state index is -0.992. The minimum Gasteiger partial charge on any atom is -0.384 e. The zero-order chi connectivity index (χ0) is 16.8. The molecule has 1 N–H and O–H groups in total. The summed E-state index contributed by atoms with van der Waals surface area (Å²) in [7, 11) is 0. The van der Waals surface area contributed by atoms with E-state index in [1.807, 2.05) is 73.7 Å². The Morgan fingerprint density at radius 2 is 1.25 bits per heavy atom. The van der Waals surface area contributed by atoms with Crippen molar-refractivity contribution in [3.63, 3.8) is 0 Å². The highest BCUT2D eigenvalue weighted by molar-refractivity contribution is 5.51. The Balaban J connectivity index is 2.01. The molecule has 3 rings (SSSR count). The fraction of sp³-hybridized carbons (Fsp3) is 0.130. The topological polar surface area (TPSA) is 20.2 Å². The molecule has 0 radical (unpaired) electrons. The molecule has 2 atom stereocenters. The van der Waals surface area contributed by atoms with E-state index in [9.17, 15) is 5.11 Å². The smallest absolute Gasteiger partial charge is 0.0971 e. The van der Waals surface area contributed by atoms with Gasteiger partial charge < -0.3 is 5.11 Å². The highest BCUT2D eigenvalue weighted by Gasteiger charge is 2.32. The number of hydrogen-bond acceptors (Lipinski definition) is 1. The number of hydrogen-bond donors (Lipinski definition) is 1. The van der Waals surface area contributed by atoms with Gasteiger partial charge in [-0.2, -0.15) is 0 Å². The summed E-state index contributed by atoms with van der Waals surface area (Å²) in [5.74, 6) is -0.138. The van der Waals surface area contributed by atoms with Crippen LogP contribution in [0.2, 0.25) is 0 Å². The van der Waals surface area contributed by atoms with Gasteiger partial charge in [0.1, 0.15) is 0 Å². The first-order valence-electron chi connectivity index (χ1n) is 8.24. The Morgan fingerprint density at radius 1 is 0.750 bits per heavy atom. The lowest BCUT2D eigenvalue weighted by atomic mass is 9.78. The molecule has 1 heteroatoms. The molecule has 24 heavy (non-hydrogen) atoms. The molecule has 120 valence electrons. The lowest BCUT2D eigenvalue weighted by molar-refractivity contribution is 0.0418. The van der Waals surface area contributed by atoms with Crippen molar-refractivity contribution in [3.8, 4) is 0 Å². The standard InChI is InChI=1S/C23H22O/c1-23(24,21-15-9-4-10-16-21)22(20-13-7-3-8-14-20)18-17-19-11-5-2-6-12-19/h2-18,22,24H,1H3/b18-17+/t22-,23-/m1/s1. The van der Waals surface area contributed by atoms with Gasteiger partial charge in [0, 0.05) is 5.92 Å². The molecule has 3 aromatic carbocycles. The maximum Gasteiger partial charge on any atom is 0.0971 e. The van der Waals surface area contributed by atoms with Crippen molar-refractivity contribution < 1.29 is 5.11 Å². The van der Waals surface area contributed by atoms with E-state index in [0.29, 0.717) is 0 Å². The number of benzene rings is 3. The first-order chi connectivity index (χ1) is 11.7. The summed E-state index contributed by atoms with van der Waals surface area (Å²) in [5.41, 5.74) is 2.14. The quantitative estimate of drug-likeness (QED) is 0.669. The fourth-order valence-electron chi connectivity index (χ4n) is 3.01. The van der Waals surface area contributed by atoms with E-state index in [1.165, 1.54) is 0 Å². The highest BCUT2D eigenvalue weighted by Crippen LogP contribution is 2.38. The molecule has 0 saturated heterocycles. The van der Waals surface area contributed by atoms with Crippen LogP contribution in [0.4, 0.5) is 0 Å². The number of aliphatic hydroxyl groups is 1. The van der Waals surface area contributed by atoms with Gasteiger partial charge in [-0.05, 0) is 23.6 Å². The molecule has 0 aliphatic rings. The SMILES string of the molecule is C[C@@](O)(c1ccccc1)[C@H](/C=C/c1ccccc1)c1ccccc1. The van der Waals surface area contributed by atoms with Crippen LogP contribution in [-0.4, -0.2) is 5.11 Å². The Kier molecular flexibility index (Phi) is 4.93. The van der Waals surface area contributed by atoms with Crippen molar-refractivity contribution >= 4 is 6.08 Å². The number of rotatable bonds is 5. The van der Waals surface area contributed by atoms with Crippen LogP contribution in [0.25, 0.3) is 6.08 Å². The second-order valence-corrected chi connectivity index (χ2v) is 6.17. The predicted octanol–water partition coefficient (Wildman–Crippen LogP) is 5.39. The molecule has 0 aromatic heterocycles. The summed E-state index contributed by atoms with van der Waals surface area (Å²) in [6.07, 6.45) is 4.17. The van der Waals surface area contributed by atoms with Crippen LogP contribution in [-0.2, 0) is 5.60 Å². The van der Waals surface area contributed by atoms with Crippen molar-refractivity contribution in [1.82, 2.24) is 0 Å². The van der Waals surface area contributed by atoms with Gasteiger partial charge in [0.15, 0.2) is 0 Å². The molecule has 0 aliphatic heterocycles. The Hall–Kier alpha value is -2.64. The van der Waals surface area contributed by atoms with Gasteiger partial charge in [0.2, 0.25) is 0 Å². The minimum absolute atomic E-state index is 0.138. The van der Waals surface area contributed by atoms with Gasteiger partial charge in [0.25, 0.3) is 0 Å². The van der Waals surface area contributed by atoms with Gasteiger partial charge in [-0.1, -0.05) is 103 Å². The normalized spacial score (nSPS) is 15.1. The van der Waals surface area contributed by atoms with Crippen LogP contribution >= 0.6 is 0 Å². The molecule has 1 nitrogen and oxygen atoms in total. The molecule has 0 heterocycles. The largest absolute Gasteiger partial charge is 0.384 e. The van der Waals surface area contributed by atoms with Crippen molar-refractivity contribution in [3.05, 3.63) is 114 Å². The third-order valence-electron chi connectivity index (χ3n) is 4.40. The van der Waals surface area contributed by atoms with Crippen LogP contribution in [0.3, 0.4) is 0 Å². The van der Waals surface area contributed by atoms with E-state index in [2.05, 4.69) is 36.4 Å². The van der Waals surface area contributed by atoms with Crippen LogP contribution in [0.15, 0.2) is 97.1 Å². The molecule has 0 saturated carbocycles. The maximum atomic E-state index is 11.3. The van der Waals surface area contributed by atoms with Gasteiger partial charge in [-0.25, -0.2) is 0 Å². The zero-order valence-electron chi connectivity index (χ0n) is 13.8. The van der Waals surface area contributed by atoms with Crippen molar-refractivity contribution in [2.45, 2.75) is 18.4 Å². The van der Waals surface area contributed by atoms with Crippen LogP contribution < -0.4 is 0 Å². The summed E-state index contributed by atoms with van der Waals surface area (Å²) < 4.78 is 0. The van der Waals surface area contributed by atoms with Gasteiger partial charge in [-0.3, -0.25) is 0 Å². The lowest BCUT2D eigenvalue weighted by Crippen LogP contribution is -2.29. The molecular formula is C23H22O. The average Bonchev–Trinajstić information content (AvgIpc) is 2.64. The van der Waals surface area contributed by atoms with Crippen molar-refractivity contribution in [2.24, 2.45) is 0 Å². The Labute approximate surface area is 143 Å². The third kappa shape index (κ3) is 3.64. The Morgan fingerprint density at radius 3 is 1.83 bits per heavy atom. The molecular weight excluding hydrogens is 292 g/mol.